The molecule has 0 aliphatic heterocycles. The molecule has 332 valence electrons. The Balaban J connectivity index is 1.09. The lowest BCUT2D eigenvalue weighted by atomic mass is 9.80. The monoisotopic (exact) mass is 893 g/mol. The maximum atomic E-state index is 7.57. The van der Waals surface area contributed by atoms with E-state index in [4.69, 9.17) is 16.3 Å². The van der Waals surface area contributed by atoms with Gasteiger partial charge in [-0.25, -0.2) is 9.83 Å². The van der Waals surface area contributed by atoms with Gasteiger partial charge < -0.3 is 15.4 Å². The van der Waals surface area contributed by atoms with Crippen LogP contribution in [-0.2, 0) is 16.2 Å². The van der Waals surface area contributed by atoms with Crippen LogP contribution in [0.5, 0.6) is 11.5 Å². The second-order valence-corrected chi connectivity index (χ2v) is 21.8. The van der Waals surface area contributed by atoms with Gasteiger partial charge in [0.2, 0.25) is 0 Å². The minimum atomic E-state index is -0.0613. The fraction of sp³-hybridized carbons (Fsp3) is 0.200. The van der Waals surface area contributed by atoms with Gasteiger partial charge in [0.05, 0.1) is 33.7 Å². The summed E-state index contributed by atoms with van der Waals surface area (Å²) in [6, 6.07) is 53.1. The highest BCUT2D eigenvalue weighted by Crippen LogP contribution is 2.46. The molecule has 0 radical (unpaired) electrons. The van der Waals surface area contributed by atoms with Crippen molar-refractivity contribution in [2.45, 2.75) is 78.6 Å². The van der Waals surface area contributed by atoms with E-state index in [0.29, 0.717) is 17.2 Å². The zero-order valence-electron chi connectivity index (χ0n) is 39.7. The third kappa shape index (κ3) is 8.50. The normalized spacial score (nSPS) is 12.2. The van der Waals surface area contributed by atoms with E-state index in [-0.39, 0.29) is 16.2 Å². The lowest BCUT2D eigenvalue weighted by Crippen LogP contribution is -2.16. The molecule has 0 fully saturated rings. The van der Waals surface area contributed by atoms with Crippen LogP contribution in [0.15, 0.2) is 158 Å². The third-order valence-corrected chi connectivity index (χ3v) is 13.9. The quantitative estimate of drug-likeness (QED) is 0.149. The van der Waals surface area contributed by atoms with Gasteiger partial charge in [0.15, 0.2) is 5.69 Å². The first-order valence-electron chi connectivity index (χ1n) is 23.0. The van der Waals surface area contributed by atoms with Gasteiger partial charge in [-0.2, -0.15) is 0 Å². The molecule has 10 aromatic rings. The predicted octanol–water partition coefficient (Wildman–Crippen LogP) is 17.9. The second kappa shape index (κ2) is 16.5. The summed E-state index contributed by atoms with van der Waals surface area (Å²) in [6.07, 6.45) is 1.94. The maximum Gasteiger partial charge on any atom is 0.187 e. The van der Waals surface area contributed by atoms with Gasteiger partial charge in [0.1, 0.15) is 17.3 Å². The molecule has 6 nitrogen and oxygen atoms in total. The number of benzene rings is 7. The van der Waals surface area contributed by atoms with Crippen LogP contribution in [-0.4, -0.2) is 9.55 Å². The first kappa shape index (κ1) is 43.5. The molecule has 0 aliphatic carbocycles. The summed E-state index contributed by atoms with van der Waals surface area (Å²) in [6.45, 7) is 27.9. The molecule has 0 atom stereocenters. The fourth-order valence-corrected chi connectivity index (χ4v) is 10.1. The largest absolute Gasteiger partial charge is 0.457 e. The molecule has 10 rings (SSSR count). The first-order chi connectivity index (χ1) is 32.0. The Hall–Kier alpha value is -7.40. The summed E-state index contributed by atoms with van der Waals surface area (Å²) < 4.78 is 11.8. The molecular weight excluding hydrogens is 839 g/mol. The van der Waals surface area contributed by atoms with Gasteiger partial charge in [-0.15, -0.1) is 11.3 Å². The highest BCUT2D eigenvalue weighted by molar-refractivity contribution is 7.27. The van der Waals surface area contributed by atoms with Crippen molar-refractivity contribution in [1.82, 2.24) is 9.55 Å². The van der Waals surface area contributed by atoms with Crippen molar-refractivity contribution in [2.75, 3.05) is 10.6 Å². The van der Waals surface area contributed by atoms with E-state index in [1.807, 2.05) is 41.8 Å². The van der Waals surface area contributed by atoms with Gasteiger partial charge in [0, 0.05) is 45.2 Å². The Labute approximate surface area is 397 Å². The molecular formula is C60H55N5OS. The van der Waals surface area contributed by atoms with Crippen molar-refractivity contribution in [3.63, 3.8) is 0 Å². The van der Waals surface area contributed by atoms with E-state index in [2.05, 4.69) is 210 Å². The molecule has 0 unspecified atom stereocenters. The van der Waals surface area contributed by atoms with Crippen LogP contribution in [0.4, 0.5) is 28.4 Å². The lowest BCUT2D eigenvalue weighted by Gasteiger charge is -2.26. The third-order valence-electron chi connectivity index (χ3n) is 12.7. The number of aromatic nitrogens is 2. The number of rotatable bonds is 8. The lowest BCUT2D eigenvalue weighted by molar-refractivity contribution is 0.484. The average Bonchev–Trinajstić information content (AvgIpc) is 3.83. The number of nitrogens with one attached hydrogen (secondary N) is 2. The minimum Gasteiger partial charge on any atom is -0.457 e. The van der Waals surface area contributed by atoms with E-state index in [1.54, 1.807) is 0 Å². The Morgan fingerprint density at radius 3 is 1.90 bits per heavy atom. The Morgan fingerprint density at radius 2 is 1.22 bits per heavy atom. The topological polar surface area (TPSA) is 55.5 Å². The smallest absolute Gasteiger partial charge is 0.187 e. The summed E-state index contributed by atoms with van der Waals surface area (Å²) in [5.74, 6) is 2.26. The molecule has 7 aromatic carbocycles. The number of fused-ring (bicyclic) bond motifs is 7. The molecule has 3 heterocycles. The summed E-state index contributed by atoms with van der Waals surface area (Å²) >= 11 is 1.83. The summed E-state index contributed by atoms with van der Waals surface area (Å²) in [7, 11) is 0. The minimum absolute atomic E-state index is 0.0134. The van der Waals surface area contributed by atoms with E-state index >= 15 is 0 Å². The summed E-state index contributed by atoms with van der Waals surface area (Å²) in [5.41, 5.74) is 12.2. The predicted molar refractivity (Wildman–Crippen MR) is 285 cm³/mol. The van der Waals surface area contributed by atoms with Gasteiger partial charge >= 0.3 is 0 Å². The average molecular weight is 894 g/mol. The van der Waals surface area contributed by atoms with E-state index in [1.165, 1.54) is 42.2 Å². The zero-order chi connectivity index (χ0) is 46.8. The van der Waals surface area contributed by atoms with Crippen molar-refractivity contribution in [3.05, 3.63) is 186 Å². The van der Waals surface area contributed by atoms with Crippen LogP contribution in [0.25, 0.3) is 63.8 Å². The zero-order valence-corrected chi connectivity index (χ0v) is 40.5. The van der Waals surface area contributed by atoms with Crippen LogP contribution in [0.1, 0.15) is 79.0 Å². The molecule has 0 bridgehead atoms. The Bertz CT molecular complexity index is 3540. The van der Waals surface area contributed by atoms with Gasteiger partial charge in [0.25, 0.3) is 0 Å². The number of thiophene rings is 1. The van der Waals surface area contributed by atoms with E-state index in [9.17, 15) is 0 Å². The Kier molecular flexibility index (Phi) is 10.7. The number of hydrogen-bond acceptors (Lipinski definition) is 5. The van der Waals surface area contributed by atoms with Crippen molar-refractivity contribution in [2.24, 2.45) is 0 Å². The Morgan fingerprint density at radius 1 is 0.567 bits per heavy atom. The van der Waals surface area contributed by atoms with Crippen LogP contribution < -0.4 is 15.4 Å². The molecule has 0 spiro atoms. The second-order valence-electron chi connectivity index (χ2n) is 20.7. The highest BCUT2D eigenvalue weighted by atomic mass is 32.1. The number of ether oxygens (including phenoxy) is 1. The summed E-state index contributed by atoms with van der Waals surface area (Å²) in [4.78, 5) is 8.69. The number of hydrogen-bond donors (Lipinski definition) is 2. The maximum absolute atomic E-state index is 7.57. The molecule has 0 amide bonds. The first-order valence-corrected chi connectivity index (χ1v) is 23.8. The molecule has 0 aliphatic rings. The van der Waals surface area contributed by atoms with Crippen molar-refractivity contribution in [1.29, 1.82) is 0 Å². The SMILES string of the molecule is [C-]#[N+]c1ccc(-c2cc(Nc3ccccc3Nc3cc(C(C)(C)C)cc(C(C)(C)C)c3)cc(Oc3ccc4c5sc6ccc7ccccc7c6c5n(-c5cc(C(C)(C)C)ccn5)c4c3)c2)cc1. The van der Waals surface area contributed by atoms with Crippen molar-refractivity contribution < 1.29 is 4.74 Å². The molecule has 67 heavy (non-hydrogen) atoms. The number of pyridine rings is 1. The van der Waals surface area contributed by atoms with Crippen LogP contribution in [0.3, 0.4) is 0 Å². The molecule has 2 N–H and O–H groups in total. The molecule has 3 aromatic heterocycles. The standard InChI is InChI=1S/C60H55N5OS/c1-58(2,3)40-27-28-62-54(34-40)65-52-36-46(24-25-49(52)57-56(65)55-48-16-12-11-15-38(48)21-26-53(55)67-57)66-47-30-39(37-19-22-43(61-10)23-20-37)29-44(35-47)63-50-17-13-14-18-51(50)64-45-32-41(59(4,5)6)31-42(33-45)60(7,8)9/h11-36,63-64H,1-9H3. The van der Waals surface area contributed by atoms with E-state index < -0.39 is 0 Å². The molecule has 7 heteroatoms. The summed E-state index contributed by atoms with van der Waals surface area (Å²) in [5, 5.41) is 12.4. The van der Waals surface area contributed by atoms with Crippen LogP contribution in [0, 0.1) is 6.57 Å². The van der Waals surface area contributed by atoms with Crippen LogP contribution in [0.2, 0.25) is 0 Å². The number of anilines is 4. The van der Waals surface area contributed by atoms with Crippen LogP contribution >= 0.6 is 11.3 Å². The molecule has 0 saturated heterocycles. The van der Waals surface area contributed by atoms with Crippen molar-refractivity contribution >= 4 is 81.8 Å². The van der Waals surface area contributed by atoms with E-state index in [0.717, 1.165) is 56.1 Å². The molecule has 0 saturated carbocycles. The fourth-order valence-electron chi connectivity index (χ4n) is 8.91. The van der Waals surface area contributed by atoms with Gasteiger partial charge in [-0.1, -0.05) is 135 Å². The van der Waals surface area contributed by atoms with Gasteiger partial charge in [-0.3, -0.25) is 4.57 Å². The highest BCUT2D eigenvalue weighted by Gasteiger charge is 2.24. The number of para-hydroxylation sites is 2. The van der Waals surface area contributed by atoms with Gasteiger partial charge in [-0.05, 0) is 122 Å². The number of nitrogens with zero attached hydrogens (tertiary/aromatic N) is 3. The van der Waals surface area contributed by atoms with Crippen molar-refractivity contribution in [3.8, 4) is 28.4 Å².